The Morgan fingerprint density at radius 1 is 1.56 bits per heavy atom. The molecule has 0 bridgehead atoms. The normalized spacial score (nSPS) is 19.4. The average Bonchev–Trinajstić information content (AvgIpc) is 1.91. The molecule has 52 valence electrons. The van der Waals surface area contributed by atoms with E-state index in [1.165, 1.54) is 31.4 Å². The van der Waals surface area contributed by atoms with E-state index in [1.807, 2.05) is 11.8 Å². The van der Waals surface area contributed by atoms with Gasteiger partial charge in [0, 0.05) is 5.75 Å². The van der Waals surface area contributed by atoms with Crippen LogP contribution in [0.25, 0.3) is 0 Å². The van der Waals surface area contributed by atoms with Crippen LogP contribution in [0.4, 0.5) is 0 Å². The summed E-state index contributed by atoms with van der Waals surface area (Å²) in [5.41, 5.74) is 1.67. The maximum absolute atomic E-state index is 2.42. The summed E-state index contributed by atoms with van der Waals surface area (Å²) in [6, 6.07) is 0. The topological polar surface area (TPSA) is 0 Å². The molecule has 0 aromatic heterocycles. The third-order valence-corrected chi connectivity index (χ3v) is 2.37. The molecule has 9 heavy (non-hydrogen) atoms. The summed E-state index contributed by atoms with van der Waals surface area (Å²) < 4.78 is 0. The molecule has 0 aromatic rings. The monoisotopic (exact) mass is 142 g/mol. The highest BCUT2D eigenvalue weighted by atomic mass is 32.2. The van der Waals surface area contributed by atoms with Gasteiger partial charge in [0.2, 0.25) is 0 Å². The second-order valence-corrected chi connectivity index (χ2v) is 3.41. The summed E-state index contributed by atoms with van der Waals surface area (Å²) in [6.07, 6.45) is 10.1. The van der Waals surface area contributed by atoms with Gasteiger partial charge in [0.05, 0.1) is 0 Å². The molecule has 0 heterocycles. The van der Waals surface area contributed by atoms with Crippen molar-refractivity contribution in [2.75, 3.05) is 12.0 Å². The third-order valence-electron chi connectivity index (χ3n) is 1.71. The molecular formula is C8H14S. The lowest BCUT2D eigenvalue weighted by atomic mass is 10.0. The Morgan fingerprint density at radius 3 is 3.00 bits per heavy atom. The second kappa shape index (κ2) is 3.99. The molecule has 0 atom stereocenters. The van der Waals surface area contributed by atoms with Crippen LogP contribution >= 0.6 is 11.8 Å². The molecule has 0 amide bonds. The summed E-state index contributed by atoms with van der Waals surface area (Å²) in [6.45, 7) is 0. The molecular weight excluding hydrogens is 128 g/mol. The third kappa shape index (κ3) is 2.44. The smallest absolute Gasteiger partial charge is 0.0140 e. The predicted molar refractivity (Wildman–Crippen MR) is 44.9 cm³/mol. The van der Waals surface area contributed by atoms with E-state index in [9.17, 15) is 0 Å². The fraction of sp³-hybridized carbons (Fsp3) is 0.750. The molecule has 0 saturated carbocycles. The Bertz CT molecular complexity index is 105. The molecule has 0 fully saturated rings. The van der Waals surface area contributed by atoms with Crippen LogP contribution in [-0.4, -0.2) is 12.0 Å². The second-order valence-electron chi connectivity index (χ2n) is 2.54. The number of thioether (sulfide) groups is 1. The van der Waals surface area contributed by atoms with Crippen LogP contribution in [0, 0.1) is 0 Å². The zero-order valence-corrected chi connectivity index (χ0v) is 6.84. The van der Waals surface area contributed by atoms with Crippen molar-refractivity contribution in [3.8, 4) is 0 Å². The lowest BCUT2D eigenvalue weighted by Crippen LogP contribution is -1.93. The van der Waals surface area contributed by atoms with Gasteiger partial charge in [-0.25, -0.2) is 0 Å². The van der Waals surface area contributed by atoms with E-state index < -0.39 is 0 Å². The maximum Gasteiger partial charge on any atom is 0.0140 e. The van der Waals surface area contributed by atoms with Gasteiger partial charge in [-0.05, 0) is 31.9 Å². The van der Waals surface area contributed by atoms with Crippen molar-refractivity contribution in [3.05, 3.63) is 11.6 Å². The van der Waals surface area contributed by atoms with Gasteiger partial charge in [0.15, 0.2) is 0 Å². The van der Waals surface area contributed by atoms with E-state index in [1.54, 1.807) is 5.57 Å². The first-order valence-corrected chi connectivity index (χ1v) is 4.99. The van der Waals surface area contributed by atoms with E-state index in [0.29, 0.717) is 0 Å². The van der Waals surface area contributed by atoms with Crippen molar-refractivity contribution >= 4 is 11.8 Å². The lowest BCUT2D eigenvalue weighted by Gasteiger charge is -2.10. The number of allylic oxidation sites excluding steroid dienone is 1. The van der Waals surface area contributed by atoms with Gasteiger partial charge in [-0.1, -0.05) is 11.6 Å². The van der Waals surface area contributed by atoms with E-state index >= 15 is 0 Å². The molecule has 1 aliphatic carbocycles. The quantitative estimate of drug-likeness (QED) is 0.534. The molecule has 0 unspecified atom stereocenters. The molecule has 0 aliphatic heterocycles. The molecule has 0 N–H and O–H groups in total. The maximum atomic E-state index is 2.42. The minimum absolute atomic E-state index is 1.26. The van der Waals surface area contributed by atoms with Gasteiger partial charge in [-0.3, -0.25) is 0 Å². The van der Waals surface area contributed by atoms with Crippen molar-refractivity contribution in [2.24, 2.45) is 0 Å². The molecule has 1 heteroatoms. The molecule has 0 aromatic carbocycles. The van der Waals surface area contributed by atoms with Gasteiger partial charge < -0.3 is 0 Å². The molecule has 0 spiro atoms. The van der Waals surface area contributed by atoms with Crippen molar-refractivity contribution < 1.29 is 0 Å². The van der Waals surface area contributed by atoms with Crippen LogP contribution in [0.1, 0.15) is 25.7 Å². The largest absolute Gasteiger partial charge is 0.161 e. The zero-order valence-electron chi connectivity index (χ0n) is 6.02. The fourth-order valence-electron chi connectivity index (χ4n) is 1.22. The van der Waals surface area contributed by atoms with Gasteiger partial charge in [0.25, 0.3) is 0 Å². The lowest BCUT2D eigenvalue weighted by molar-refractivity contribution is 0.703. The minimum atomic E-state index is 1.26. The highest BCUT2D eigenvalue weighted by molar-refractivity contribution is 7.98. The molecule has 0 saturated heterocycles. The standard InChI is InChI=1S/C8H14S/c1-9-7-8-5-3-2-4-6-8/h5H,2-4,6-7H2,1H3. The summed E-state index contributed by atoms with van der Waals surface area (Å²) in [4.78, 5) is 0. The van der Waals surface area contributed by atoms with Crippen molar-refractivity contribution in [1.82, 2.24) is 0 Å². The van der Waals surface area contributed by atoms with Gasteiger partial charge >= 0.3 is 0 Å². The first-order valence-electron chi connectivity index (χ1n) is 3.60. The van der Waals surface area contributed by atoms with Crippen LogP contribution in [-0.2, 0) is 0 Å². The average molecular weight is 142 g/mol. The highest BCUT2D eigenvalue weighted by Gasteiger charge is 2.00. The summed E-state index contributed by atoms with van der Waals surface area (Å²) in [5.74, 6) is 1.26. The fourth-order valence-corrected chi connectivity index (χ4v) is 1.85. The van der Waals surface area contributed by atoms with Crippen molar-refractivity contribution in [2.45, 2.75) is 25.7 Å². The summed E-state index contributed by atoms with van der Waals surface area (Å²) in [7, 11) is 0. The van der Waals surface area contributed by atoms with Crippen LogP contribution in [0.5, 0.6) is 0 Å². The Morgan fingerprint density at radius 2 is 2.44 bits per heavy atom. The van der Waals surface area contributed by atoms with E-state index in [0.717, 1.165) is 0 Å². The predicted octanol–water partition coefficient (Wildman–Crippen LogP) is 2.85. The van der Waals surface area contributed by atoms with Gasteiger partial charge in [0.1, 0.15) is 0 Å². The van der Waals surface area contributed by atoms with Crippen LogP contribution in [0.2, 0.25) is 0 Å². The Balaban J connectivity index is 2.28. The summed E-state index contributed by atoms with van der Waals surface area (Å²) in [5, 5.41) is 0. The number of hydrogen-bond acceptors (Lipinski definition) is 1. The molecule has 1 rings (SSSR count). The van der Waals surface area contributed by atoms with Crippen LogP contribution in [0.3, 0.4) is 0 Å². The van der Waals surface area contributed by atoms with E-state index in [2.05, 4.69) is 12.3 Å². The summed E-state index contributed by atoms with van der Waals surface area (Å²) >= 11 is 1.94. The zero-order chi connectivity index (χ0) is 6.53. The molecule has 0 nitrogen and oxygen atoms in total. The number of rotatable bonds is 2. The molecule has 1 aliphatic rings. The SMILES string of the molecule is CSCC1=CCCCC1. The van der Waals surface area contributed by atoms with E-state index in [4.69, 9.17) is 0 Å². The van der Waals surface area contributed by atoms with E-state index in [-0.39, 0.29) is 0 Å². The minimum Gasteiger partial charge on any atom is -0.161 e. The van der Waals surface area contributed by atoms with Crippen molar-refractivity contribution in [3.63, 3.8) is 0 Å². The first-order chi connectivity index (χ1) is 4.43. The van der Waals surface area contributed by atoms with Gasteiger partial charge in [-0.2, -0.15) is 11.8 Å². The molecule has 0 radical (unpaired) electrons. The number of hydrogen-bond donors (Lipinski definition) is 0. The Kier molecular flexibility index (Phi) is 3.20. The highest BCUT2D eigenvalue weighted by Crippen LogP contribution is 2.19. The Hall–Kier alpha value is 0.0900. The van der Waals surface area contributed by atoms with Gasteiger partial charge in [-0.15, -0.1) is 0 Å². The Labute approximate surface area is 61.7 Å². The van der Waals surface area contributed by atoms with Crippen LogP contribution < -0.4 is 0 Å². The van der Waals surface area contributed by atoms with Crippen LogP contribution in [0.15, 0.2) is 11.6 Å². The van der Waals surface area contributed by atoms with Crippen molar-refractivity contribution in [1.29, 1.82) is 0 Å². The first kappa shape index (κ1) is 7.20.